The second-order valence-corrected chi connectivity index (χ2v) is 3.66. The van der Waals surface area contributed by atoms with Gasteiger partial charge in [-0.25, -0.2) is 0 Å². The third-order valence-corrected chi connectivity index (χ3v) is 2.43. The van der Waals surface area contributed by atoms with E-state index in [1.807, 2.05) is 0 Å². The van der Waals surface area contributed by atoms with Crippen molar-refractivity contribution >= 4 is 17.2 Å². The number of nitro benzene ring substituents is 1. The summed E-state index contributed by atoms with van der Waals surface area (Å²) >= 11 is 0. The Hall–Kier alpha value is -1.95. The molecule has 0 saturated heterocycles. The van der Waals surface area contributed by atoms with Crippen molar-refractivity contribution in [2.45, 2.75) is 6.92 Å². The summed E-state index contributed by atoms with van der Waals surface area (Å²) in [6, 6.07) is 4.33. The molecule has 0 unspecified atom stereocenters. The van der Waals surface area contributed by atoms with Crippen molar-refractivity contribution in [2.24, 2.45) is 0 Å². The molecule has 0 spiro atoms. The summed E-state index contributed by atoms with van der Waals surface area (Å²) in [5.41, 5.74) is 0.547. The minimum Gasteiger partial charge on any atom is -0.395 e. The number of aliphatic hydroxyl groups is 1. The number of carbonyl (C=O) groups is 1. The number of likely N-dealkylation sites (N-methyl/N-ethyl adjacent to an activating group) is 1. The quantitative estimate of drug-likeness (QED) is 0.473. The predicted molar refractivity (Wildman–Crippen MR) is 63.5 cm³/mol. The summed E-state index contributed by atoms with van der Waals surface area (Å²) in [6.07, 6.45) is 0. The zero-order valence-electron chi connectivity index (χ0n) is 9.71. The number of nitrogens with zero attached hydrogens (tertiary/aromatic N) is 2. The molecular formula is C11H14N2O4. The van der Waals surface area contributed by atoms with Crippen LogP contribution in [0.4, 0.5) is 11.4 Å². The fourth-order valence-corrected chi connectivity index (χ4v) is 1.48. The second kappa shape index (κ2) is 5.40. The van der Waals surface area contributed by atoms with Gasteiger partial charge in [0, 0.05) is 25.3 Å². The van der Waals surface area contributed by atoms with Gasteiger partial charge in [0.15, 0.2) is 5.78 Å². The van der Waals surface area contributed by atoms with Crippen molar-refractivity contribution < 1.29 is 14.8 Å². The Morgan fingerprint density at radius 3 is 2.65 bits per heavy atom. The van der Waals surface area contributed by atoms with Crippen LogP contribution in [-0.4, -0.2) is 36.0 Å². The average Bonchev–Trinajstić information content (AvgIpc) is 2.28. The van der Waals surface area contributed by atoms with Crippen molar-refractivity contribution in [1.29, 1.82) is 0 Å². The lowest BCUT2D eigenvalue weighted by molar-refractivity contribution is -0.385. The molecule has 0 radical (unpaired) electrons. The van der Waals surface area contributed by atoms with E-state index in [0.29, 0.717) is 12.2 Å². The number of aliphatic hydroxyl groups excluding tert-OH is 1. The van der Waals surface area contributed by atoms with Gasteiger partial charge in [0.05, 0.1) is 17.1 Å². The van der Waals surface area contributed by atoms with Gasteiger partial charge in [-0.1, -0.05) is 0 Å². The lowest BCUT2D eigenvalue weighted by Crippen LogP contribution is -2.21. The smallest absolute Gasteiger partial charge is 0.280 e. The van der Waals surface area contributed by atoms with Crippen molar-refractivity contribution in [1.82, 2.24) is 0 Å². The summed E-state index contributed by atoms with van der Waals surface area (Å²) in [4.78, 5) is 23.2. The molecular weight excluding hydrogens is 224 g/mol. The number of Topliss-reactive ketones (excluding diaryl/α,β-unsaturated/α-hetero) is 1. The molecule has 0 aliphatic rings. The van der Waals surface area contributed by atoms with E-state index in [0.717, 1.165) is 0 Å². The lowest BCUT2D eigenvalue weighted by Gasteiger charge is -2.18. The molecule has 1 aromatic rings. The molecule has 1 rings (SSSR count). The van der Waals surface area contributed by atoms with Crippen LogP contribution in [0, 0.1) is 10.1 Å². The number of carbonyl (C=O) groups excluding carboxylic acids is 1. The number of benzene rings is 1. The van der Waals surface area contributed by atoms with Crippen molar-refractivity contribution in [3.8, 4) is 0 Å². The molecule has 92 valence electrons. The molecule has 6 nitrogen and oxygen atoms in total. The Bertz CT molecular complexity index is 445. The minimum absolute atomic E-state index is 0.0249. The van der Waals surface area contributed by atoms with E-state index >= 15 is 0 Å². The topological polar surface area (TPSA) is 83.7 Å². The van der Waals surface area contributed by atoms with Gasteiger partial charge < -0.3 is 10.0 Å². The molecule has 0 bridgehead atoms. The highest BCUT2D eigenvalue weighted by Crippen LogP contribution is 2.24. The average molecular weight is 238 g/mol. The highest BCUT2D eigenvalue weighted by Gasteiger charge is 2.18. The molecule has 0 saturated carbocycles. The van der Waals surface area contributed by atoms with E-state index in [2.05, 4.69) is 0 Å². The Balaban J connectivity index is 3.18. The van der Waals surface area contributed by atoms with Crippen molar-refractivity contribution in [3.05, 3.63) is 33.9 Å². The van der Waals surface area contributed by atoms with Crippen LogP contribution in [0.25, 0.3) is 0 Å². The third kappa shape index (κ3) is 3.01. The van der Waals surface area contributed by atoms with Crippen LogP contribution >= 0.6 is 0 Å². The molecule has 0 heterocycles. The van der Waals surface area contributed by atoms with Crippen LogP contribution in [0.3, 0.4) is 0 Å². The fraction of sp³-hybridized carbons (Fsp3) is 0.364. The zero-order chi connectivity index (χ0) is 13.0. The molecule has 0 fully saturated rings. The first-order valence-corrected chi connectivity index (χ1v) is 5.08. The summed E-state index contributed by atoms with van der Waals surface area (Å²) < 4.78 is 0. The maximum absolute atomic E-state index is 11.3. The van der Waals surface area contributed by atoms with Gasteiger partial charge in [-0.3, -0.25) is 14.9 Å². The predicted octanol–water partition coefficient (Wildman–Crippen LogP) is 1.23. The first-order valence-electron chi connectivity index (χ1n) is 5.08. The number of rotatable bonds is 5. The number of nitro groups is 1. The monoisotopic (exact) mass is 238 g/mol. The van der Waals surface area contributed by atoms with Crippen LogP contribution in [0.5, 0.6) is 0 Å². The van der Waals surface area contributed by atoms with Crippen LogP contribution < -0.4 is 4.90 Å². The molecule has 0 atom stereocenters. The fourth-order valence-electron chi connectivity index (χ4n) is 1.48. The van der Waals surface area contributed by atoms with Crippen molar-refractivity contribution in [2.75, 3.05) is 25.1 Å². The summed E-state index contributed by atoms with van der Waals surface area (Å²) in [5, 5.41) is 19.5. The third-order valence-electron chi connectivity index (χ3n) is 2.43. The number of hydrogen-bond acceptors (Lipinski definition) is 5. The standard InChI is InChI=1S/C11H14N2O4/c1-8(15)10-7-9(12(2)5-6-14)3-4-11(10)13(16)17/h3-4,7,14H,5-6H2,1-2H3. The summed E-state index contributed by atoms with van der Waals surface area (Å²) in [6.45, 7) is 1.66. The molecule has 0 aliphatic heterocycles. The molecule has 0 amide bonds. The van der Waals surface area contributed by atoms with E-state index in [1.165, 1.54) is 19.1 Å². The normalized spacial score (nSPS) is 10.1. The zero-order valence-corrected chi connectivity index (χ0v) is 9.71. The Kier molecular flexibility index (Phi) is 4.17. The highest BCUT2D eigenvalue weighted by atomic mass is 16.6. The van der Waals surface area contributed by atoms with Gasteiger partial charge in [0.2, 0.25) is 0 Å². The van der Waals surface area contributed by atoms with E-state index in [-0.39, 0.29) is 23.6 Å². The molecule has 1 aromatic carbocycles. The Morgan fingerprint density at radius 2 is 2.18 bits per heavy atom. The van der Waals surface area contributed by atoms with E-state index in [9.17, 15) is 14.9 Å². The maximum Gasteiger partial charge on any atom is 0.280 e. The van der Waals surface area contributed by atoms with E-state index in [4.69, 9.17) is 5.11 Å². The molecule has 17 heavy (non-hydrogen) atoms. The van der Waals surface area contributed by atoms with Crippen LogP contribution in [0.15, 0.2) is 18.2 Å². The van der Waals surface area contributed by atoms with Crippen molar-refractivity contribution in [3.63, 3.8) is 0 Å². The molecule has 1 N–H and O–H groups in total. The largest absolute Gasteiger partial charge is 0.395 e. The first kappa shape index (κ1) is 13.1. The first-order chi connectivity index (χ1) is 7.97. The van der Waals surface area contributed by atoms with Crippen LogP contribution in [-0.2, 0) is 0 Å². The van der Waals surface area contributed by atoms with Gasteiger partial charge in [0.25, 0.3) is 5.69 Å². The molecule has 6 heteroatoms. The minimum atomic E-state index is -0.577. The Labute approximate surface area is 98.6 Å². The van der Waals surface area contributed by atoms with Crippen LogP contribution in [0.2, 0.25) is 0 Å². The SMILES string of the molecule is CC(=O)c1cc(N(C)CCO)ccc1[N+](=O)[O-]. The number of hydrogen-bond donors (Lipinski definition) is 1. The maximum atomic E-state index is 11.3. The number of anilines is 1. The second-order valence-electron chi connectivity index (χ2n) is 3.66. The van der Waals surface area contributed by atoms with Gasteiger partial charge in [-0.05, 0) is 19.1 Å². The van der Waals surface area contributed by atoms with E-state index in [1.54, 1.807) is 18.0 Å². The molecule has 0 aromatic heterocycles. The van der Waals surface area contributed by atoms with Gasteiger partial charge in [0.1, 0.15) is 0 Å². The summed E-state index contributed by atoms with van der Waals surface area (Å²) in [7, 11) is 1.74. The lowest BCUT2D eigenvalue weighted by atomic mass is 10.1. The highest BCUT2D eigenvalue weighted by molar-refractivity contribution is 5.99. The van der Waals surface area contributed by atoms with Gasteiger partial charge >= 0.3 is 0 Å². The number of ketones is 1. The van der Waals surface area contributed by atoms with Crippen LogP contribution in [0.1, 0.15) is 17.3 Å². The Morgan fingerprint density at radius 1 is 1.53 bits per heavy atom. The summed E-state index contributed by atoms with van der Waals surface area (Å²) in [5.74, 6) is -0.351. The van der Waals surface area contributed by atoms with Gasteiger partial charge in [-0.15, -0.1) is 0 Å². The molecule has 0 aliphatic carbocycles. The van der Waals surface area contributed by atoms with Gasteiger partial charge in [-0.2, -0.15) is 0 Å². The van der Waals surface area contributed by atoms with E-state index < -0.39 is 4.92 Å².